The van der Waals surface area contributed by atoms with E-state index < -0.39 is 10.9 Å². The zero-order chi connectivity index (χ0) is 15.4. The molecule has 1 N–H and O–H groups in total. The molecule has 1 aromatic heterocycles. The fraction of sp³-hybridized carbons (Fsp3) is 0.154. The number of carboxylic acids is 1. The first-order chi connectivity index (χ1) is 10.0. The first-order valence-corrected chi connectivity index (χ1v) is 5.77. The minimum Gasteiger partial charge on any atom is -0.490 e. The van der Waals surface area contributed by atoms with Crippen LogP contribution in [0.2, 0.25) is 0 Å². The van der Waals surface area contributed by atoms with Crippen LogP contribution in [0.1, 0.15) is 16.1 Å². The maximum atomic E-state index is 10.9. The Morgan fingerprint density at radius 3 is 2.76 bits per heavy atom. The van der Waals surface area contributed by atoms with Gasteiger partial charge < -0.3 is 19.0 Å². The Labute approximate surface area is 118 Å². The lowest BCUT2D eigenvalue weighted by molar-refractivity contribution is -0.385. The molecule has 0 aliphatic heterocycles. The topological polar surface area (TPSA) is 112 Å². The molecule has 0 saturated heterocycles. The van der Waals surface area contributed by atoms with Crippen LogP contribution in [-0.2, 0) is 6.61 Å². The lowest BCUT2D eigenvalue weighted by Crippen LogP contribution is -1.98. The number of hydrogen-bond donors (Lipinski definition) is 1. The van der Waals surface area contributed by atoms with Gasteiger partial charge in [-0.05, 0) is 18.2 Å². The van der Waals surface area contributed by atoms with Crippen LogP contribution in [-0.4, -0.2) is 23.1 Å². The van der Waals surface area contributed by atoms with Gasteiger partial charge in [0.05, 0.1) is 23.7 Å². The number of carbonyl (C=O) groups is 1. The highest BCUT2D eigenvalue weighted by atomic mass is 16.6. The molecule has 2 aromatic rings. The van der Waals surface area contributed by atoms with E-state index in [9.17, 15) is 14.9 Å². The maximum Gasteiger partial charge on any atom is 0.338 e. The summed E-state index contributed by atoms with van der Waals surface area (Å²) in [6.07, 6.45) is 1.09. The van der Waals surface area contributed by atoms with E-state index in [0.29, 0.717) is 5.76 Å². The Bertz CT molecular complexity index is 677. The molecular weight excluding hydrogens is 282 g/mol. The van der Waals surface area contributed by atoms with Crippen molar-refractivity contribution in [2.45, 2.75) is 6.61 Å². The van der Waals surface area contributed by atoms with Gasteiger partial charge in [-0.25, -0.2) is 4.79 Å². The van der Waals surface area contributed by atoms with Gasteiger partial charge in [0.15, 0.2) is 5.75 Å². The van der Waals surface area contributed by atoms with Crippen molar-refractivity contribution in [2.24, 2.45) is 0 Å². The molecule has 0 spiro atoms. The number of rotatable bonds is 6. The van der Waals surface area contributed by atoms with Crippen molar-refractivity contribution in [3.63, 3.8) is 0 Å². The molecule has 0 unspecified atom stereocenters. The van der Waals surface area contributed by atoms with E-state index in [0.717, 1.165) is 6.26 Å². The smallest absolute Gasteiger partial charge is 0.338 e. The van der Waals surface area contributed by atoms with E-state index in [1.165, 1.54) is 31.4 Å². The van der Waals surface area contributed by atoms with Crippen LogP contribution in [0, 0.1) is 10.1 Å². The highest BCUT2D eigenvalue weighted by Crippen LogP contribution is 2.31. The summed E-state index contributed by atoms with van der Waals surface area (Å²) in [6.45, 7) is -0.0449. The number of aromatic carboxylic acids is 1. The van der Waals surface area contributed by atoms with Crippen molar-refractivity contribution in [3.8, 4) is 11.5 Å². The molecule has 1 heterocycles. The predicted molar refractivity (Wildman–Crippen MR) is 69.6 cm³/mol. The zero-order valence-corrected chi connectivity index (χ0v) is 10.9. The normalized spacial score (nSPS) is 10.1. The zero-order valence-electron chi connectivity index (χ0n) is 10.9. The fourth-order valence-electron chi connectivity index (χ4n) is 1.63. The van der Waals surface area contributed by atoms with Crippen molar-refractivity contribution < 1.29 is 28.7 Å². The molecule has 0 bridgehead atoms. The predicted octanol–water partition coefficient (Wildman–Crippen LogP) is 2.47. The first kappa shape index (κ1) is 14.4. The summed E-state index contributed by atoms with van der Waals surface area (Å²) in [6, 6.07) is 5.46. The molecule has 0 atom stereocenters. The van der Waals surface area contributed by atoms with E-state index in [-0.39, 0.29) is 29.4 Å². The van der Waals surface area contributed by atoms with Crippen molar-refractivity contribution in [1.29, 1.82) is 0 Å². The Hall–Kier alpha value is -3.03. The highest BCUT2D eigenvalue weighted by Gasteiger charge is 2.16. The van der Waals surface area contributed by atoms with E-state index in [2.05, 4.69) is 0 Å². The van der Waals surface area contributed by atoms with Crippen LogP contribution < -0.4 is 9.47 Å². The summed E-state index contributed by atoms with van der Waals surface area (Å²) >= 11 is 0. The number of hydrogen-bond acceptors (Lipinski definition) is 6. The summed E-state index contributed by atoms with van der Waals surface area (Å²) < 4.78 is 15.2. The van der Waals surface area contributed by atoms with Crippen LogP contribution >= 0.6 is 0 Å². The van der Waals surface area contributed by atoms with Crippen molar-refractivity contribution >= 4 is 11.7 Å². The van der Waals surface area contributed by atoms with E-state index >= 15 is 0 Å². The molecule has 21 heavy (non-hydrogen) atoms. The van der Waals surface area contributed by atoms with Gasteiger partial charge in [-0.2, -0.15) is 0 Å². The Balaban J connectivity index is 2.10. The molecule has 8 nitrogen and oxygen atoms in total. The number of nitro benzene ring substituents is 1. The monoisotopic (exact) mass is 293 g/mol. The highest BCUT2D eigenvalue weighted by molar-refractivity contribution is 5.87. The number of ether oxygens (including phenoxy) is 2. The van der Waals surface area contributed by atoms with Gasteiger partial charge >= 0.3 is 11.7 Å². The average Bonchev–Trinajstić information content (AvgIpc) is 2.94. The molecule has 0 saturated carbocycles. The summed E-state index contributed by atoms with van der Waals surface area (Å²) in [4.78, 5) is 21.0. The summed E-state index contributed by atoms with van der Waals surface area (Å²) in [7, 11) is 1.33. The van der Waals surface area contributed by atoms with Crippen molar-refractivity contribution in [3.05, 3.63) is 52.0 Å². The van der Waals surface area contributed by atoms with Gasteiger partial charge in [0.2, 0.25) is 0 Å². The number of furan rings is 1. The molecule has 0 radical (unpaired) electrons. The molecule has 110 valence electrons. The Kier molecular flexibility index (Phi) is 4.07. The van der Waals surface area contributed by atoms with Gasteiger partial charge in [0.25, 0.3) is 0 Å². The SMILES string of the molecule is COc1ccc(OCc2cc(C(=O)O)co2)cc1[N+](=O)[O-]. The second kappa shape index (κ2) is 5.95. The molecule has 2 rings (SSSR count). The first-order valence-electron chi connectivity index (χ1n) is 5.77. The fourth-order valence-corrected chi connectivity index (χ4v) is 1.63. The molecule has 0 aliphatic rings. The van der Waals surface area contributed by atoms with Crippen LogP contribution in [0.15, 0.2) is 34.9 Å². The van der Waals surface area contributed by atoms with Crippen molar-refractivity contribution in [2.75, 3.05) is 7.11 Å². The third-order valence-corrected chi connectivity index (χ3v) is 2.63. The van der Waals surface area contributed by atoms with Crippen molar-refractivity contribution in [1.82, 2.24) is 0 Å². The summed E-state index contributed by atoms with van der Waals surface area (Å²) in [5.74, 6) is -0.440. The number of nitrogens with zero attached hydrogens (tertiary/aromatic N) is 1. The number of benzene rings is 1. The average molecular weight is 293 g/mol. The third-order valence-electron chi connectivity index (χ3n) is 2.63. The lowest BCUT2D eigenvalue weighted by atomic mass is 10.3. The van der Waals surface area contributed by atoms with Crippen LogP contribution in [0.25, 0.3) is 0 Å². The molecule has 0 aliphatic carbocycles. The van der Waals surface area contributed by atoms with E-state index in [4.69, 9.17) is 19.0 Å². The van der Waals surface area contributed by atoms with Gasteiger partial charge in [-0.1, -0.05) is 0 Å². The van der Waals surface area contributed by atoms with Crippen LogP contribution in [0.3, 0.4) is 0 Å². The number of carboxylic acid groups (broad SMARTS) is 1. The van der Waals surface area contributed by atoms with Gasteiger partial charge in [-0.15, -0.1) is 0 Å². The van der Waals surface area contributed by atoms with Crippen LogP contribution in [0.4, 0.5) is 5.69 Å². The Morgan fingerprint density at radius 1 is 1.43 bits per heavy atom. The van der Waals surface area contributed by atoms with E-state index in [1.54, 1.807) is 0 Å². The van der Waals surface area contributed by atoms with Gasteiger partial charge in [-0.3, -0.25) is 10.1 Å². The number of methoxy groups -OCH3 is 1. The maximum absolute atomic E-state index is 10.9. The molecular formula is C13H11NO7. The summed E-state index contributed by atoms with van der Waals surface area (Å²) in [5.41, 5.74) is -0.213. The summed E-state index contributed by atoms with van der Waals surface area (Å²) in [5, 5.41) is 19.6. The lowest BCUT2D eigenvalue weighted by Gasteiger charge is -2.06. The van der Waals surface area contributed by atoms with Gasteiger partial charge in [0, 0.05) is 0 Å². The molecule has 0 fully saturated rings. The second-order valence-corrected chi connectivity index (χ2v) is 3.99. The molecule has 0 amide bonds. The quantitative estimate of drug-likeness (QED) is 0.643. The minimum absolute atomic E-state index is 0.00862. The standard InChI is InChI=1S/C13H11NO7/c1-19-12-3-2-9(5-11(12)14(17)18)21-7-10-4-8(6-20-10)13(15)16/h2-6H,7H2,1H3,(H,15,16). The molecule has 8 heteroatoms. The largest absolute Gasteiger partial charge is 0.490 e. The van der Waals surface area contributed by atoms with E-state index in [1.807, 2.05) is 0 Å². The second-order valence-electron chi connectivity index (χ2n) is 3.99. The minimum atomic E-state index is -1.11. The number of nitro groups is 1. The van der Waals surface area contributed by atoms with Gasteiger partial charge in [0.1, 0.15) is 24.4 Å². The third kappa shape index (κ3) is 3.30. The Morgan fingerprint density at radius 2 is 2.19 bits per heavy atom. The molecule has 1 aromatic carbocycles. The van der Waals surface area contributed by atoms with Crippen LogP contribution in [0.5, 0.6) is 11.5 Å².